The summed E-state index contributed by atoms with van der Waals surface area (Å²) in [5.74, 6) is 0.0249. The molecule has 0 atom stereocenters. The molecule has 3 rings (SSSR count). The van der Waals surface area contributed by atoms with Crippen LogP contribution in [-0.2, 0) is 6.54 Å². The van der Waals surface area contributed by atoms with E-state index in [1.54, 1.807) is 29.2 Å². The van der Waals surface area contributed by atoms with Crippen LogP contribution in [0.4, 0.5) is 0 Å². The summed E-state index contributed by atoms with van der Waals surface area (Å²) in [5.41, 5.74) is 1.85. The van der Waals surface area contributed by atoms with Crippen LogP contribution in [0.25, 0.3) is 10.8 Å². The molecule has 21 heavy (non-hydrogen) atoms. The summed E-state index contributed by atoms with van der Waals surface area (Å²) in [6.45, 7) is 0.596. The van der Waals surface area contributed by atoms with Crippen molar-refractivity contribution >= 4 is 16.7 Å². The van der Waals surface area contributed by atoms with Crippen molar-refractivity contribution in [2.45, 2.75) is 6.54 Å². The molecular formula is C19H16NO. The van der Waals surface area contributed by atoms with Crippen LogP contribution in [0, 0.1) is 6.07 Å². The average molecular weight is 274 g/mol. The van der Waals surface area contributed by atoms with Crippen molar-refractivity contribution < 1.29 is 4.79 Å². The third-order valence-corrected chi connectivity index (χ3v) is 3.60. The molecule has 0 saturated heterocycles. The Kier molecular flexibility index (Phi) is 3.69. The lowest BCUT2D eigenvalue weighted by Crippen LogP contribution is -2.26. The van der Waals surface area contributed by atoms with Crippen molar-refractivity contribution in [3.63, 3.8) is 0 Å². The molecule has 0 aliphatic heterocycles. The number of carbonyl (C=O) groups excluding carboxylic acids is 1. The Bertz CT molecular complexity index is 759. The zero-order chi connectivity index (χ0) is 14.7. The quantitative estimate of drug-likeness (QED) is 0.709. The van der Waals surface area contributed by atoms with Gasteiger partial charge in [0.15, 0.2) is 0 Å². The van der Waals surface area contributed by atoms with Crippen LogP contribution in [0.1, 0.15) is 15.9 Å². The molecule has 0 aliphatic rings. The van der Waals surface area contributed by atoms with Gasteiger partial charge in [-0.1, -0.05) is 54.6 Å². The fourth-order valence-electron chi connectivity index (χ4n) is 2.51. The molecule has 0 unspecified atom stereocenters. The largest absolute Gasteiger partial charge is 0.337 e. The van der Waals surface area contributed by atoms with Gasteiger partial charge in [0.1, 0.15) is 0 Å². The number of benzene rings is 3. The lowest BCUT2D eigenvalue weighted by Gasteiger charge is -2.18. The SMILES string of the molecule is CN(Cc1cccc2ccccc12)C(=O)c1cc[c]cc1. The highest BCUT2D eigenvalue weighted by molar-refractivity contribution is 5.94. The minimum absolute atomic E-state index is 0.0249. The summed E-state index contributed by atoms with van der Waals surface area (Å²) >= 11 is 0. The zero-order valence-electron chi connectivity index (χ0n) is 11.9. The Balaban J connectivity index is 1.87. The van der Waals surface area contributed by atoms with Crippen LogP contribution < -0.4 is 0 Å². The molecule has 0 fully saturated rings. The van der Waals surface area contributed by atoms with Crippen molar-refractivity contribution in [2.75, 3.05) is 7.05 Å². The van der Waals surface area contributed by atoms with Gasteiger partial charge >= 0.3 is 0 Å². The summed E-state index contributed by atoms with van der Waals surface area (Å²) in [7, 11) is 1.83. The third-order valence-electron chi connectivity index (χ3n) is 3.60. The summed E-state index contributed by atoms with van der Waals surface area (Å²) < 4.78 is 0. The van der Waals surface area contributed by atoms with Crippen LogP contribution in [0.15, 0.2) is 66.7 Å². The van der Waals surface area contributed by atoms with Crippen LogP contribution in [0.5, 0.6) is 0 Å². The Morgan fingerprint density at radius 2 is 1.71 bits per heavy atom. The molecule has 1 radical (unpaired) electrons. The van der Waals surface area contributed by atoms with Gasteiger partial charge in [0.2, 0.25) is 0 Å². The highest BCUT2D eigenvalue weighted by Gasteiger charge is 2.12. The van der Waals surface area contributed by atoms with E-state index in [4.69, 9.17) is 0 Å². The maximum absolute atomic E-state index is 12.4. The van der Waals surface area contributed by atoms with E-state index in [-0.39, 0.29) is 5.91 Å². The summed E-state index contributed by atoms with van der Waals surface area (Å²) in [5, 5.41) is 2.39. The van der Waals surface area contributed by atoms with Crippen LogP contribution in [0.2, 0.25) is 0 Å². The van der Waals surface area contributed by atoms with Gasteiger partial charge in [-0.25, -0.2) is 0 Å². The van der Waals surface area contributed by atoms with E-state index < -0.39 is 0 Å². The zero-order valence-corrected chi connectivity index (χ0v) is 11.9. The lowest BCUT2D eigenvalue weighted by molar-refractivity contribution is 0.0785. The van der Waals surface area contributed by atoms with Gasteiger partial charge in [0.25, 0.3) is 5.91 Å². The van der Waals surface area contributed by atoms with Crippen LogP contribution >= 0.6 is 0 Å². The average Bonchev–Trinajstić information content (AvgIpc) is 2.55. The molecule has 2 nitrogen and oxygen atoms in total. The number of carbonyl (C=O) groups is 1. The Hall–Kier alpha value is -2.61. The van der Waals surface area contributed by atoms with E-state index in [1.807, 2.05) is 25.2 Å². The summed E-state index contributed by atoms with van der Waals surface area (Å²) in [4.78, 5) is 14.1. The van der Waals surface area contributed by atoms with E-state index in [1.165, 1.54) is 10.8 Å². The number of hydrogen-bond acceptors (Lipinski definition) is 1. The molecule has 2 heteroatoms. The molecule has 0 aliphatic carbocycles. The van der Waals surface area contributed by atoms with Crippen LogP contribution in [-0.4, -0.2) is 17.9 Å². The van der Waals surface area contributed by atoms with Crippen molar-refractivity contribution in [3.8, 4) is 0 Å². The minimum atomic E-state index is 0.0249. The van der Waals surface area contributed by atoms with E-state index in [2.05, 4.69) is 30.3 Å². The number of fused-ring (bicyclic) bond motifs is 1. The Labute approximate surface area is 124 Å². The summed E-state index contributed by atoms with van der Waals surface area (Å²) in [6.07, 6.45) is 0. The fourth-order valence-corrected chi connectivity index (χ4v) is 2.51. The molecule has 0 bridgehead atoms. The molecule has 0 N–H and O–H groups in total. The number of rotatable bonds is 3. The first kappa shape index (κ1) is 13.4. The molecule has 0 aromatic heterocycles. The van der Waals surface area contributed by atoms with E-state index in [9.17, 15) is 4.79 Å². The molecule has 1 amide bonds. The van der Waals surface area contributed by atoms with Gasteiger partial charge in [-0.3, -0.25) is 4.79 Å². The number of nitrogens with zero attached hydrogens (tertiary/aromatic N) is 1. The van der Waals surface area contributed by atoms with E-state index in [0.29, 0.717) is 12.1 Å². The highest BCUT2D eigenvalue weighted by Crippen LogP contribution is 2.20. The van der Waals surface area contributed by atoms with Gasteiger partial charge in [-0.2, -0.15) is 0 Å². The number of hydrogen-bond donors (Lipinski definition) is 0. The highest BCUT2D eigenvalue weighted by atomic mass is 16.2. The van der Waals surface area contributed by atoms with E-state index >= 15 is 0 Å². The predicted molar refractivity (Wildman–Crippen MR) is 85.0 cm³/mol. The van der Waals surface area contributed by atoms with Crippen LogP contribution in [0.3, 0.4) is 0 Å². The lowest BCUT2D eigenvalue weighted by atomic mass is 10.0. The molecule has 103 valence electrons. The normalized spacial score (nSPS) is 10.5. The van der Waals surface area contributed by atoms with Gasteiger partial charge in [0, 0.05) is 19.2 Å². The smallest absolute Gasteiger partial charge is 0.253 e. The van der Waals surface area contributed by atoms with Crippen molar-refractivity contribution in [1.82, 2.24) is 4.90 Å². The number of amides is 1. The first-order chi connectivity index (χ1) is 10.3. The maximum Gasteiger partial charge on any atom is 0.253 e. The molecule has 0 saturated carbocycles. The summed E-state index contributed by atoms with van der Waals surface area (Å²) in [6, 6.07) is 24.5. The fraction of sp³-hybridized carbons (Fsp3) is 0.105. The topological polar surface area (TPSA) is 20.3 Å². The van der Waals surface area contributed by atoms with Crippen molar-refractivity contribution in [3.05, 3.63) is 83.9 Å². The molecule has 3 aromatic rings. The minimum Gasteiger partial charge on any atom is -0.337 e. The van der Waals surface area contributed by atoms with Gasteiger partial charge in [-0.05, 0) is 34.5 Å². The van der Waals surface area contributed by atoms with Crippen molar-refractivity contribution in [1.29, 1.82) is 0 Å². The van der Waals surface area contributed by atoms with Gasteiger partial charge in [0.05, 0.1) is 0 Å². The second kappa shape index (κ2) is 5.80. The van der Waals surface area contributed by atoms with Gasteiger partial charge < -0.3 is 4.90 Å². The second-order valence-electron chi connectivity index (χ2n) is 5.09. The molecule has 0 spiro atoms. The Morgan fingerprint density at radius 3 is 2.52 bits per heavy atom. The second-order valence-corrected chi connectivity index (χ2v) is 5.09. The first-order valence-electron chi connectivity index (χ1n) is 6.94. The third kappa shape index (κ3) is 2.79. The maximum atomic E-state index is 12.4. The van der Waals surface area contributed by atoms with E-state index in [0.717, 1.165) is 5.56 Å². The standard InChI is InChI=1S/C19H16NO/c1-20(19(21)16-9-3-2-4-10-16)14-17-12-7-11-15-8-5-6-13-18(15)17/h3-13H,14H2,1H3. The monoisotopic (exact) mass is 274 g/mol. The van der Waals surface area contributed by atoms with Crippen molar-refractivity contribution in [2.24, 2.45) is 0 Å². The predicted octanol–water partition coefficient (Wildman–Crippen LogP) is 3.91. The Morgan fingerprint density at radius 1 is 1.00 bits per heavy atom. The van der Waals surface area contributed by atoms with Gasteiger partial charge in [-0.15, -0.1) is 0 Å². The molecular weight excluding hydrogens is 258 g/mol. The molecule has 3 aromatic carbocycles. The molecule has 0 heterocycles. The first-order valence-corrected chi connectivity index (χ1v) is 6.94.